The highest BCUT2D eigenvalue weighted by atomic mass is 16.9. The second kappa shape index (κ2) is 3.12. The molecule has 0 aromatic carbocycles. The van der Waals surface area contributed by atoms with Crippen LogP contribution in [0.2, 0.25) is 0 Å². The molecule has 0 saturated carbocycles. The van der Waals surface area contributed by atoms with E-state index in [1.165, 1.54) is 0 Å². The first-order valence-electron chi connectivity index (χ1n) is 3.59. The summed E-state index contributed by atoms with van der Waals surface area (Å²) in [5, 5.41) is 0. The molecule has 1 amide bonds. The Hall–Kier alpha value is -1.07. The Morgan fingerprint density at radius 3 is 2.08 bits per heavy atom. The Kier molecular flexibility index (Phi) is 2.35. The number of carbonyl (C=O) groups excluding carboxylic acids is 1. The summed E-state index contributed by atoms with van der Waals surface area (Å²) in [6.07, 6.45) is -0.966. The third-order valence-corrected chi connectivity index (χ3v) is 1.56. The van der Waals surface area contributed by atoms with Gasteiger partial charge in [-0.3, -0.25) is 4.79 Å². The summed E-state index contributed by atoms with van der Waals surface area (Å²) < 4.78 is 10.1. The zero-order valence-electron chi connectivity index (χ0n) is 7.03. The molecule has 12 heavy (non-hydrogen) atoms. The number of amides is 1. The van der Waals surface area contributed by atoms with Crippen molar-refractivity contribution >= 4 is 5.91 Å². The summed E-state index contributed by atoms with van der Waals surface area (Å²) in [6, 6.07) is 0. The van der Waals surface area contributed by atoms with Crippen molar-refractivity contribution in [3.05, 3.63) is 11.3 Å². The molecular formula is C7H12N2O3. The quantitative estimate of drug-likeness (QED) is 0.545. The second-order valence-corrected chi connectivity index (χ2v) is 2.63. The van der Waals surface area contributed by atoms with Crippen LogP contribution in [0.3, 0.4) is 0 Å². The van der Waals surface area contributed by atoms with Gasteiger partial charge in [-0.25, -0.2) is 0 Å². The van der Waals surface area contributed by atoms with Gasteiger partial charge in [0.05, 0.1) is 5.57 Å². The fourth-order valence-corrected chi connectivity index (χ4v) is 0.991. The standard InChI is InChI=1S/C7H12N2O3/c1-3(8)5(6(9)10)7-11-4(2)12-7/h4,7H,8H2,1-2H3,(H2,9,10)/b5-3+. The van der Waals surface area contributed by atoms with Gasteiger partial charge in [-0.15, -0.1) is 0 Å². The summed E-state index contributed by atoms with van der Waals surface area (Å²) in [6.45, 7) is 3.30. The van der Waals surface area contributed by atoms with Crippen molar-refractivity contribution in [2.75, 3.05) is 0 Å². The van der Waals surface area contributed by atoms with Gasteiger partial charge in [0.15, 0.2) is 12.6 Å². The number of rotatable bonds is 2. The maximum atomic E-state index is 10.8. The lowest BCUT2D eigenvalue weighted by Crippen LogP contribution is -2.44. The Morgan fingerprint density at radius 1 is 1.33 bits per heavy atom. The first-order chi connectivity index (χ1) is 5.52. The number of ether oxygens (including phenoxy) is 2. The predicted octanol–water partition coefficient (Wildman–Crippen LogP) is -0.577. The highest BCUT2D eigenvalue weighted by Crippen LogP contribution is 2.23. The van der Waals surface area contributed by atoms with Crippen LogP contribution in [-0.4, -0.2) is 18.5 Å². The lowest BCUT2D eigenvalue weighted by molar-refractivity contribution is -0.358. The predicted molar refractivity (Wildman–Crippen MR) is 41.5 cm³/mol. The van der Waals surface area contributed by atoms with Crippen LogP contribution >= 0.6 is 0 Å². The van der Waals surface area contributed by atoms with E-state index in [1.807, 2.05) is 0 Å². The maximum absolute atomic E-state index is 10.8. The summed E-state index contributed by atoms with van der Waals surface area (Å²) >= 11 is 0. The van der Waals surface area contributed by atoms with Gasteiger partial charge < -0.3 is 20.9 Å². The Bertz CT molecular complexity index is 227. The van der Waals surface area contributed by atoms with Crippen molar-refractivity contribution < 1.29 is 14.3 Å². The molecule has 5 heteroatoms. The molecule has 68 valence electrons. The smallest absolute Gasteiger partial charge is 0.251 e. The molecule has 1 heterocycles. The topological polar surface area (TPSA) is 87.6 Å². The van der Waals surface area contributed by atoms with E-state index in [4.69, 9.17) is 20.9 Å². The summed E-state index contributed by atoms with van der Waals surface area (Å²) in [4.78, 5) is 10.8. The van der Waals surface area contributed by atoms with Crippen molar-refractivity contribution in [2.24, 2.45) is 11.5 Å². The van der Waals surface area contributed by atoms with Crippen LogP contribution in [0.5, 0.6) is 0 Å². The van der Waals surface area contributed by atoms with E-state index in [0.717, 1.165) is 0 Å². The zero-order valence-corrected chi connectivity index (χ0v) is 7.03. The minimum absolute atomic E-state index is 0.202. The number of hydrogen-bond donors (Lipinski definition) is 2. The number of hydrogen-bond acceptors (Lipinski definition) is 4. The molecule has 1 aliphatic rings. The molecule has 0 aliphatic carbocycles. The molecule has 0 atom stereocenters. The second-order valence-electron chi connectivity index (χ2n) is 2.63. The summed E-state index contributed by atoms with van der Waals surface area (Å²) in [5.41, 5.74) is 11.0. The molecular weight excluding hydrogens is 160 g/mol. The van der Waals surface area contributed by atoms with Crippen LogP contribution in [0.25, 0.3) is 0 Å². The van der Waals surface area contributed by atoms with Gasteiger partial charge in [0, 0.05) is 5.70 Å². The van der Waals surface area contributed by atoms with Gasteiger partial charge in [-0.1, -0.05) is 0 Å². The third kappa shape index (κ3) is 1.57. The molecule has 1 rings (SSSR count). The molecule has 1 aliphatic heterocycles. The van der Waals surface area contributed by atoms with E-state index in [1.54, 1.807) is 13.8 Å². The third-order valence-electron chi connectivity index (χ3n) is 1.56. The molecule has 1 saturated heterocycles. The lowest BCUT2D eigenvalue weighted by atomic mass is 10.2. The van der Waals surface area contributed by atoms with Gasteiger partial charge in [0.2, 0.25) is 0 Å². The molecule has 4 N–H and O–H groups in total. The Labute approximate surface area is 70.3 Å². The van der Waals surface area contributed by atoms with Crippen molar-refractivity contribution in [1.29, 1.82) is 0 Å². The fourth-order valence-electron chi connectivity index (χ4n) is 0.991. The number of nitrogens with two attached hydrogens (primary N) is 2. The number of carbonyl (C=O) groups is 1. The molecule has 0 aromatic rings. The fraction of sp³-hybridized carbons (Fsp3) is 0.571. The Balaban J connectivity index is 2.70. The molecule has 0 bridgehead atoms. The molecule has 0 radical (unpaired) electrons. The number of primary amides is 1. The largest absolute Gasteiger partial charge is 0.402 e. The van der Waals surface area contributed by atoms with Gasteiger partial charge in [0.25, 0.3) is 5.91 Å². The average Bonchev–Trinajstić information content (AvgIpc) is 1.82. The zero-order chi connectivity index (χ0) is 9.30. The van der Waals surface area contributed by atoms with E-state index in [0.29, 0.717) is 5.70 Å². The monoisotopic (exact) mass is 172 g/mol. The molecule has 0 unspecified atom stereocenters. The van der Waals surface area contributed by atoms with Crippen LogP contribution in [0.1, 0.15) is 13.8 Å². The van der Waals surface area contributed by atoms with Crippen LogP contribution in [0, 0.1) is 0 Å². The highest BCUT2D eigenvalue weighted by molar-refractivity contribution is 5.93. The van der Waals surface area contributed by atoms with Gasteiger partial charge in [-0.2, -0.15) is 0 Å². The van der Waals surface area contributed by atoms with Crippen LogP contribution in [-0.2, 0) is 14.3 Å². The lowest BCUT2D eigenvalue weighted by Gasteiger charge is -2.34. The van der Waals surface area contributed by atoms with Gasteiger partial charge in [0.1, 0.15) is 0 Å². The van der Waals surface area contributed by atoms with Crippen LogP contribution < -0.4 is 11.5 Å². The van der Waals surface area contributed by atoms with Gasteiger partial charge in [-0.05, 0) is 13.8 Å². The Morgan fingerprint density at radius 2 is 1.83 bits per heavy atom. The average molecular weight is 172 g/mol. The van der Waals surface area contributed by atoms with Crippen LogP contribution in [0.4, 0.5) is 0 Å². The summed E-state index contributed by atoms with van der Waals surface area (Å²) in [5.74, 6) is -0.605. The van der Waals surface area contributed by atoms with Crippen molar-refractivity contribution in [3.8, 4) is 0 Å². The van der Waals surface area contributed by atoms with Crippen LogP contribution in [0.15, 0.2) is 11.3 Å². The van der Waals surface area contributed by atoms with Crippen molar-refractivity contribution in [3.63, 3.8) is 0 Å². The van der Waals surface area contributed by atoms with E-state index in [2.05, 4.69) is 0 Å². The molecule has 0 spiro atoms. The first kappa shape index (κ1) is 9.02. The maximum Gasteiger partial charge on any atom is 0.251 e. The number of allylic oxidation sites excluding steroid dienone is 1. The molecule has 0 aromatic heterocycles. The van der Waals surface area contributed by atoms with E-state index in [9.17, 15) is 4.79 Å². The molecule has 1 fully saturated rings. The van der Waals surface area contributed by atoms with Crippen molar-refractivity contribution in [1.82, 2.24) is 0 Å². The van der Waals surface area contributed by atoms with Crippen molar-refractivity contribution in [2.45, 2.75) is 26.4 Å². The summed E-state index contributed by atoms with van der Waals surface area (Å²) in [7, 11) is 0. The minimum Gasteiger partial charge on any atom is -0.402 e. The highest BCUT2D eigenvalue weighted by Gasteiger charge is 2.34. The molecule has 5 nitrogen and oxygen atoms in total. The SMILES string of the molecule is C/C(N)=C(/C(N)=O)C1OC(C)O1. The van der Waals surface area contributed by atoms with E-state index >= 15 is 0 Å². The van der Waals surface area contributed by atoms with E-state index in [-0.39, 0.29) is 11.9 Å². The first-order valence-corrected chi connectivity index (χ1v) is 3.59. The minimum atomic E-state index is -0.678. The van der Waals surface area contributed by atoms with Gasteiger partial charge >= 0.3 is 0 Å². The van der Waals surface area contributed by atoms with E-state index < -0.39 is 12.2 Å². The normalized spacial score (nSPS) is 30.5.